The van der Waals surface area contributed by atoms with Crippen LogP contribution < -0.4 is 10.5 Å². The first kappa shape index (κ1) is 16.7. The second-order valence-electron chi connectivity index (χ2n) is 4.24. The summed E-state index contributed by atoms with van der Waals surface area (Å²) in [7, 11) is -3.82. The molecule has 0 aliphatic rings. The predicted molar refractivity (Wildman–Crippen MR) is 93.7 cm³/mol. The summed E-state index contributed by atoms with van der Waals surface area (Å²) in [5.41, 5.74) is 7.14. The third-order valence-electron chi connectivity index (χ3n) is 2.57. The van der Waals surface area contributed by atoms with Crippen molar-refractivity contribution in [3.05, 3.63) is 43.5 Å². The molecule has 0 unspecified atom stereocenters. The average Bonchev–Trinajstić information content (AvgIpc) is 2.31. The molecule has 0 aliphatic carbocycles. The van der Waals surface area contributed by atoms with Crippen LogP contribution in [0.15, 0.2) is 42.8 Å². The average molecular weight is 500 g/mol. The lowest BCUT2D eigenvalue weighted by Crippen LogP contribution is -2.16. The highest BCUT2D eigenvalue weighted by Crippen LogP contribution is 2.33. The number of hydrogen-bond donors (Lipinski definition) is 2. The van der Waals surface area contributed by atoms with E-state index in [1.165, 1.54) is 12.3 Å². The summed E-state index contributed by atoms with van der Waals surface area (Å²) in [4.78, 5) is 4.05. The fraction of sp³-hybridized carbons (Fsp3) is 0.0833. The highest BCUT2D eigenvalue weighted by molar-refractivity contribution is 9.11. The van der Waals surface area contributed by atoms with Crippen molar-refractivity contribution in [2.45, 2.75) is 11.8 Å². The summed E-state index contributed by atoms with van der Waals surface area (Å²) in [6.45, 7) is 1.82. The second kappa shape index (κ2) is 6.23. The van der Waals surface area contributed by atoms with E-state index < -0.39 is 10.0 Å². The Morgan fingerprint density at radius 3 is 2.43 bits per heavy atom. The Labute approximate surface area is 147 Å². The number of nitrogens with two attached hydrogens (primary N) is 1. The molecule has 0 aliphatic heterocycles. The zero-order valence-electron chi connectivity index (χ0n) is 10.7. The minimum absolute atomic E-state index is 0.00808. The van der Waals surface area contributed by atoms with Gasteiger partial charge in [0.05, 0.1) is 17.6 Å². The van der Waals surface area contributed by atoms with Gasteiger partial charge in [-0.15, -0.1) is 0 Å². The Morgan fingerprint density at radius 1 is 1.19 bits per heavy atom. The molecular weight excluding hydrogens is 490 g/mol. The van der Waals surface area contributed by atoms with Crippen LogP contribution in [0.3, 0.4) is 0 Å². The van der Waals surface area contributed by atoms with Gasteiger partial charge in [0.2, 0.25) is 0 Å². The molecule has 0 atom stereocenters. The number of pyridine rings is 1. The lowest BCUT2D eigenvalue weighted by Gasteiger charge is -2.12. The van der Waals surface area contributed by atoms with Gasteiger partial charge in [0.1, 0.15) is 9.50 Å². The highest BCUT2D eigenvalue weighted by atomic mass is 79.9. The lowest BCUT2D eigenvalue weighted by molar-refractivity contribution is 0.601. The first-order valence-corrected chi connectivity index (χ1v) is 9.46. The van der Waals surface area contributed by atoms with Crippen LogP contribution in [0, 0.1) is 6.92 Å². The minimum Gasteiger partial charge on any atom is -0.398 e. The standard InChI is InChI=1S/C12H10Br3N3O2S/c1-6-2-8(5-17-12(6)15)18-21(19,20)11-9(14)3-7(13)4-10(11)16/h2-5,18H,16H2,1H3. The topological polar surface area (TPSA) is 85.1 Å². The monoisotopic (exact) mass is 497 g/mol. The van der Waals surface area contributed by atoms with E-state index in [1.54, 1.807) is 12.1 Å². The lowest BCUT2D eigenvalue weighted by atomic mass is 10.3. The molecule has 0 saturated heterocycles. The van der Waals surface area contributed by atoms with Gasteiger partial charge in [-0.2, -0.15) is 0 Å². The maximum Gasteiger partial charge on any atom is 0.265 e. The zero-order valence-corrected chi connectivity index (χ0v) is 16.3. The van der Waals surface area contributed by atoms with Crippen molar-refractivity contribution in [1.29, 1.82) is 0 Å². The van der Waals surface area contributed by atoms with Crippen molar-refractivity contribution in [3.63, 3.8) is 0 Å². The number of aromatic nitrogens is 1. The maximum atomic E-state index is 12.5. The molecule has 0 fully saturated rings. The number of sulfonamides is 1. The number of hydrogen-bond acceptors (Lipinski definition) is 4. The molecule has 1 aromatic carbocycles. The van der Waals surface area contributed by atoms with Crippen LogP contribution in [0.25, 0.3) is 0 Å². The molecule has 0 radical (unpaired) electrons. The van der Waals surface area contributed by atoms with Crippen LogP contribution >= 0.6 is 47.8 Å². The van der Waals surface area contributed by atoms with Crippen LogP contribution in [0.4, 0.5) is 11.4 Å². The van der Waals surface area contributed by atoms with Gasteiger partial charge in [0.25, 0.3) is 10.0 Å². The first-order chi connectivity index (χ1) is 9.70. The molecule has 0 bridgehead atoms. The maximum absolute atomic E-state index is 12.5. The van der Waals surface area contributed by atoms with E-state index in [1.807, 2.05) is 6.92 Å². The molecule has 2 rings (SSSR count). The molecule has 112 valence electrons. The molecule has 3 N–H and O–H groups in total. The van der Waals surface area contributed by atoms with E-state index in [0.717, 1.165) is 5.56 Å². The fourth-order valence-corrected chi connectivity index (χ4v) is 5.01. The van der Waals surface area contributed by atoms with Crippen LogP contribution in [0.1, 0.15) is 5.56 Å². The van der Waals surface area contributed by atoms with E-state index in [9.17, 15) is 8.42 Å². The Hall–Kier alpha value is -0.640. The van der Waals surface area contributed by atoms with Crippen LogP contribution in [0.2, 0.25) is 0 Å². The van der Waals surface area contributed by atoms with Crippen molar-refractivity contribution in [2.75, 3.05) is 10.5 Å². The van der Waals surface area contributed by atoms with E-state index in [-0.39, 0.29) is 10.6 Å². The molecule has 2 aromatic rings. The van der Waals surface area contributed by atoms with Crippen molar-refractivity contribution in [2.24, 2.45) is 0 Å². The van der Waals surface area contributed by atoms with Crippen LogP contribution in [0.5, 0.6) is 0 Å². The third kappa shape index (κ3) is 3.77. The number of anilines is 2. The van der Waals surface area contributed by atoms with E-state index in [4.69, 9.17) is 5.73 Å². The van der Waals surface area contributed by atoms with Crippen molar-refractivity contribution < 1.29 is 8.42 Å². The predicted octanol–water partition coefficient (Wildman–Crippen LogP) is 4.06. The summed E-state index contributed by atoms with van der Waals surface area (Å²) < 4.78 is 29.1. The van der Waals surface area contributed by atoms with Crippen LogP contribution in [-0.4, -0.2) is 13.4 Å². The third-order valence-corrected chi connectivity index (χ3v) is 6.25. The first-order valence-electron chi connectivity index (χ1n) is 5.60. The van der Waals surface area contributed by atoms with Crippen molar-refractivity contribution >= 4 is 69.2 Å². The van der Waals surface area contributed by atoms with Crippen LogP contribution in [-0.2, 0) is 10.0 Å². The second-order valence-corrected chi connectivity index (χ2v) is 8.38. The summed E-state index contributed by atoms with van der Waals surface area (Å²) in [5.74, 6) is 0. The molecule has 0 saturated carbocycles. The zero-order chi connectivity index (χ0) is 15.8. The van der Waals surface area contributed by atoms with E-state index in [0.29, 0.717) is 19.2 Å². The molecule has 5 nitrogen and oxygen atoms in total. The largest absolute Gasteiger partial charge is 0.398 e. The Kier molecular flexibility index (Phi) is 4.96. The normalized spacial score (nSPS) is 11.4. The van der Waals surface area contributed by atoms with E-state index >= 15 is 0 Å². The Morgan fingerprint density at radius 2 is 1.86 bits per heavy atom. The summed E-state index contributed by atoms with van der Waals surface area (Å²) in [5, 5.41) is 0. The van der Waals surface area contributed by atoms with Gasteiger partial charge < -0.3 is 5.73 Å². The number of benzene rings is 1. The van der Waals surface area contributed by atoms with Crippen molar-refractivity contribution in [1.82, 2.24) is 4.98 Å². The molecule has 9 heteroatoms. The minimum atomic E-state index is -3.82. The molecule has 1 aromatic heterocycles. The molecule has 0 amide bonds. The molecular formula is C12H10Br3N3O2S. The smallest absolute Gasteiger partial charge is 0.265 e. The molecule has 21 heavy (non-hydrogen) atoms. The highest BCUT2D eigenvalue weighted by Gasteiger charge is 2.22. The Balaban J connectivity index is 2.46. The number of nitrogens with zero attached hydrogens (tertiary/aromatic N) is 1. The van der Waals surface area contributed by atoms with Gasteiger partial charge in [-0.1, -0.05) is 15.9 Å². The molecule has 1 heterocycles. The van der Waals surface area contributed by atoms with E-state index in [2.05, 4.69) is 57.5 Å². The van der Waals surface area contributed by atoms with Gasteiger partial charge in [0, 0.05) is 8.95 Å². The number of aryl methyl sites for hydroxylation is 1. The number of halogens is 3. The number of rotatable bonds is 3. The summed E-state index contributed by atoms with van der Waals surface area (Å²) in [6.07, 6.45) is 1.43. The SMILES string of the molecule is Cc1cc(NS(=O)(=O)c2c(N)cc(Br)cc2Br)cnc1Br. The summed E-state index contributed by atoms with van der Waals surface area (Å²) in [6, 6.07) is 4.83. The molecule has 0 spiro atoms. The number of nitrogens with one attached hydrogen (secondary N) is 1. The van der Waals surface area contributed by atoms with Gasteiger partial charge >= 0.3 is 0 Å². The number of nitrogen functional groups attached to an aromatic ring is 1. The quantitative estimate of drug-likeness (QED) is 0.492. The van der Waals surface area contributed by atoms with Gasteiger partial charge in [-0.3, -0.25) is 4.72 Å². The van der Waals surface area contributed by atoms with Gasteiger partial charge in [0.15, 0.2) is 0 Å². The van der Waals surface area contributed by atoms with Crippen molar-refractivity contribution in [3.8, 4) is 0 Å². The fourth-order valence-electron chi connectivity index (χ4n) is 1.68. The van der Waals surface area contributed by atoms with Gasteiger partial charge in [-0.05, 0) is 62.5 Å². The summed E-state index contributed by atoms with van der Waals surface area (Å²) >= 11 is 9.74. The van der Waals surface area contributed by atoms with Gasteiger partial charge in [-0.25, -0.2) is 13.4 Å². The Bertz CT molecular complexity index is 786.